The van der Waals surface area contributed by atoms with Crippen LogP contribution in [-0.2, 0) is 4.74 Å². The van der Waals surface area contributed by atoms with Crippen LogP contribution in [0.3, 0.4) is 0 Å². The smallest absolute Gasteiger partial charge is 0.0582 e. The topological polar surface area (TPSA) is 21.3 Å². The second-order valence-electron chi connectivity index (χ2n) is 7.11. The fourth-order valence-electron chi connectivity index (χ4n) is 2.75. The summed E-state index contributed by atoms with van der Waals surface area (Å²) in [5.41, 5.74) is 2.93. The van der Waals surface area contributed by atoms with Crippen LogP contribution in [0.1, 0.15) is 57.1 Å². The maximum Gasteiger partial charge on any atom is 0.0582 e. The first-order chi connectivity index (χ1) is 9.44. The molecule has 1 N–H and O–H groups in total. The van der Waals surface area contributed by atoms with E-state index < -0.39 is 0 Å². The number of benzene rings is 1. The van der Waals surface area contributed by atoms with Gasteiger partial charge in [-0.1, -0.05) is 29.8 Å². The standard InChI is InChI=1S/C18H29NO/c1-14-7-9-15(10-8-14)16(13-19-18(2,3)4)12-17-6-5-11-20-17/h7-10,16-17,19H,5-6,11-13H2,1-4H3. The molecular weight excluding hydrogens is 246 g/mol. The first-order valence-corrected chi connectivity index (χ1v) is 7.87. The van der Waals surface area contributed by atoms with Gasteiger partial charge in [-0.2, -0.15) is 0 Å². The van der Waals surface area contributed by atoms with Crippen molar-refractivity contribution in [3.8, 4) is 0 Å². The van der Waals surface area contributed by atoms with Crippen molar-refractivity contribution < 1.29 is 4.74 Å². The predicted octanol–water partition coefficient (Wildman–Crippen LogP) is 4.04. The van der Waals surface area contributed by atoms with E-state index in [4.69, 9.17) is 4.74 Å². The van der Waals surface area contributed by atoms with Crippen molar-refractivity contribution >= 4 is 0 Å². The van der Waals surface area contributed by atoms with Crippen LogP contribution in [-0.4, -0.2) is 24.8 Å². The van der Waals surface area contributed by atoms with Crippen molar-refractivity contribution in [1.82, 2.24) is 5.32 Å². The molecule has 2 heteroatoms. The highest BCUT2D eigenvalue weighted by molar-refractivity contribution is 5.25. The highest BCUT2D eigenvalue weighted by Crippen LogP contribution is 2.27. The molecule has 0 bridgehead atoms. The molecule has 2 rings (SSSR count). The van der Waals surface area contributed by atoms with Crippen molar-refractivity contribution in [3.63, 3.8) is 0 Å². The maximum atomic E-state index is 5.83. The van der Waals surface area contributed by atoms with Gasteiger partial charge in [0.05, 0.1) is 6.10 Å². The van der Waals surface area contributed by atoms with Crippen LogP contribution < -0.4 is 5.32 Å². The lowest BCUT2D eigenvalue weighted by atomic mass is 9.90. The van der Waals surface area contributed by atoms with Crippen LogP contribution in [0.5, 0.6) is 0 Å². The normalized spacial score (nSPS) is 21.1. The predicted molar refractivity (Wildman–Crippen MR) is 85.3 cm³/mol. The SMILES string of the molecule is Cc1ccc(C(CNC(C)(C)C)CC2CCCO2)cc1. The average molecular weight is 275 g/mol. The largest absolute Gasteiger partial charge is 0.378 e. The van der Waals surface area contributed by atoms with Crippen molar-refractivity contribution in [3.05, 3.63) is 35.4 Å². The summed E-state index contributed by atoms with van der Waals surface area (Å²) in [7, 11) is 0. The molecule has 0 radical (unpaired) electrons. The Morgan fingerprint density at radius 3 is 2.50 bits per heavy atom. The minimum Gasteiger partial charge on any atom is -0.378 e. The zero-order chi connectivity index (χ0) is 14.6. The molecule has 20 heavy (non-hydrogen) atoms. The number of hydrogen-bond donors (Lipinski definition) is 1. The molecule has 0 spiro atoms. The monoisotopic (exact) mass is 275 g/mol. The van der Waals surface area contributed by atoms with Gasteiger partial charge in [-0.3, -0.25) is 0 Å². The Morgan fingerprint density at radius 2 is 1.95 bits per heavy atom. The van der Waals surface area contributed by atoms with Gasteiger partial charge in [0.2, 0.25) is 0 Å². The summed E-state index contributed by atoms with van der Waals surface area (Å²) in [6, 6.07) is 8.99. The van der Waals surface area contributed by atoms with E-state index in [1.807, 2.05) is 0 Å². The zero-order valence-electron chi connectivity index (χ0n) is 13.4. The van der Waals surface area contributed by atoms with E-state index in [9.17, 15) is 0 Å². The first kappa shape index (κ1) is 15.5. The third kappa shape index (κ3) is 4.92. The van der Waals surface area contributed by atoms with Crippen LogP contribution in [0.15, 0.2) is 24.3 Å². The molecule has 2 nitrogen and oxygen atoms in total. The lowest BCUT2D eigenvalue weighted by Crippen LogP contribution is -2.39. The molecule has 0 aliphatic carbocycles. The average Bonchev–Trinajstić information content (AvgIpc) is 2.87. The summed E-state index contributed by atoms with van der Waals surface area (Å²) in [4.78, 5) is 0. The molecule has 0 saturated carbocycles. The molecule has 1 aliphatic heterocycles. The number of rotatable bonds is 5. The molecule has 2 atom stereocenters. The van der Waals surface area contributed by atoms with Gasteiger partial charge in [0.15, 0.2) is 0 Å². The summed E-state index contributed by atoms with van der Waals surface area (Å²) in [5, 5.41) is 3.65. The van der Waals surface area contributed by atoms with Crippen molar-refractivity contribution in [2.24, 2.45) is 0 Å². The first-order valence-electron chi connectivity index (χ1n) is 7.87. The molecule has 1 fully saturated rings. The summed E-state index contributed by atoms with van der Waals surface area (Å²) < 4.78 is 5.83. The van der Waals surface area contributed by atoms with Gasteiger partial charge in [0.25, 0.3) is 0 Å². The molecule has 1 heterocycles. The summed E-state index contributed by atoms with van der Waals surface area (Å²) >= 11 is 0. The third-order valence-electron chi connectivity index (χ3n) is 4.00. The number of aryl methyl sites for hydroxylation is 1. The Balaban J connectivity index is 2.03. The lowest BCUT2D eigenvalue weighted by Gasteiger charge is -2.27. The Labute approximate surface area is 123 Å². The van der Waals surface area contributed by atoms with Crippen LogP contribution in [0.2, 0.25) is 0 Å². The molecule has 0 aromatic heterocycles. The minimum atomic E-state index is 0.166. The lowest BCUT2D eigenvalue weighted by molar-refractivity contribution is 0.0970. The fraction of sp³-hybridized carbons (Fsp3) is 0.667. The van der Waals surface area contributed by atoms with Gasteiger partial charge in [-0.15, -0.1) is 0 Å². The van der Waals surface area contributed by atoms with Gasteiger partial charge in [0.1, 0.15) is 0 Å². The second-order valence-corrected chi connectivity index (χ2v) is 7.11. The zero-order valence-corrected chi connectivity index (χ0v) is 13.4. The fourth-order valence-corrected chi connectivity index (χ4v) is 2.75. The number of hydrogen-bond acceptors (Lipinski definition) is 2. The van der Waals surface area contributed by atoms with Crippen LogP contribution in [0.25, 0.3) is 0 Å². The van der Waals surface area contributed by atoms with E-state index in [-0.39, 0.29) is 5.54 Å². The van der Waals surface area contributed by atoms with Gasteiger partial charge < -0.3 is 10.1 Å². The van der Waals surface area contributed by atoms with E-state index in [1.54, 1.807) is 0 Å². The Bertz CT molecular complexity index is 398. The van der Waals surface area contributed by atoms with E-state index in [2.05, 4.69) is 57.3 Å². The van der Waals surface area contributed by atoms with E-state index in [1.165, 1.54) is 24.0 Å². The molecular formula is C18H29NO. The Hall–Kier alpha value is -0.860. The number of ether oxygens (including phenoxy) is 1. The molecule has 112 valence electrons. The summed E-state index contributed by atoms with van der Waals surface area (Å²) in [6.45, 7) is 10.8. The van der Waals surface area contributed by atoms with Crippen molar-refractivity contribution in [2.45, 2.75) is 64.5 Å². The minimum absolute atomic E-state index is 0.166. The molecule has 1 aromatic rings. The summed E-state index contributed by atoms with van der Waals surface area (Å²) in [6.07, 6.45) is 4.02. The van der Waals surface area contributed by atoms with Gasteiger partial charge in [-0.05, 0) is 58.4 Å². The second kappa shape index (κ2) is 6.73. The van der Waals surface area contributed by atoms with Crippen LogP contribution >= 0.6 is 0 Å². The number of nitrogens with one attached hydrogen (secondary N) is 1. The van der Waals surface area contributed by atoms with E-state index in [0.717, 1.165) is 19.6 Å². The van der Waals surface area contributed by atoms with Gasteiger partial charge in [0, 0.05) is 18.7 Å². The quantitative estimate of drug-likeness (QED) is 0.876. The van der Waals surface area contributed by atoms with Crippen molar-refractivity contribution in [1.29, 1.82) is 0 Å². The summed E-state index contributed by atoms with van der Waals surface area (Å²) in [5.74, 6) is 0.540. The van der Waals surface area contributed by atoms with Crippen LogP contribution in [0.4, 0.5) is 0 Å². The van der Waals surface area contributed by atoms with Crippen LogP contribution in [0, 0.1) is 6.92 Å². The Kier molecular flexibility index (Phi) is 5.22. The van der Waals surface area contributed by atoms with Gasteiger partial charge >= 0.3 is 0 Å². The maximum absolute atomic E-state index is 5.83. The molecule has 1 aliphatic rings. The third-order valence-corrected chi connectivity index (χ3v) is 4.00. The highest BCUT2D eigenvalue weighted by atomic mass is 16.5. The van der Waals surface area contributed by atoms with E-state index >= 15 is 0 Å². The molecule has 0 amide bonds. The molecule has 1 saturated heterocycles. The van der Waals surface area contributed by atoms with Crippen molar-refractivity contribution in [2.75, 3.05) is 13.2 Å². The van der Waals surface area contributed by atoms with E-state index in [0.29, 0.717) is 12.0 Å². The Morgan fingerprint density at radius 1 is 1.25 bits per heavy atom. The molecule has 2 unspecified atom stereocenters. The van der Waals surface area contributed by atoms with Gasteiger partial charge in [-0.25, -0.2) is 0 Å². The molecule has 1 aromatic carbocycles. The highest BCUT2D eigenvalue weighted by Gasteiger charge is 2.23.